The molecule has 1 aliphatic heterocycles. The normalized spacial score (nSPS) is 14.4. The molecule has 0 bridgehead atoms. The molecule has 0 atom stereocenters. The van der Waals surface area contributed by atoms with Crippen molar-refractivity contribution >= 4 is 21.4 Å². The number of aromatic nitrogens is 2. The molecule has 5 rings (SSSR count). The third-order valence-electron chi connectivity index (χ3n) is 5.15. The summed E-state index contributed by atoms with van der Waals surface area (Å²) in [6.45, 7) is 2.43. The van der Waals surface area contributed by atoms with Crippen molar-refractivity contribution in [3.8, 4) is 11.4 Å². The van der Waals surface area contributed by atoms with E-state index in [1.807, 2.05) is 30.3 Å². The third-order valence-corrected chi connectivity index (χ3v) is 6.16. The van der Waals surface area contributed by atoms with Gasteiger partial charge in [0.1, 0.15) is 5.82 Å². The van der Waals surface area contributed by atoms with Gasteiger partial charge in [-0.3, -0.25) is 9.69 Å². The van der Waals surface area contributed by atoms with Crippen LogP contribution in [0, 0.1) is 0 Å². The smallest absolute Gasteiger partial charge is 0.255 e. The number of thiophene rings is 1. The van der Waals surface area contributed by atoms with Crippen LogP contribution in [0.1, 0.15) is 16.8 Å². The van der Waals surface area contributed by atoms with Crippen LogP contribution < -0.4 is 5.56 Å². The van der Waals surface area contributed by atoms with Crippen LogP contribution in [0.4, 0.5) is 0 Å². The van der Waals surface area contributed by atoms with E-state index in [0.717, 1.165) is 36.3 Å². The monoisotopic (exact) mass is 373 g/mol. The molecule has 134 valence electrons. The van der Waals surface area contributed by atoms with Crippen LogP contribution >= 0.6 is 11.3 Å². The van der Waals surface area contributed by atoms with Gasteiger partial charge in [-0.2, -0.15) is 0 Å². The highest BCUT2D eigenvalue weighted by Gasteiger charge is 2.22. The van der Waals surface area contributed by atoms with Crippen molar-refractivity contribution in [1.82, 2.24) is 14.9 Å². The van der Waals surface area contributed by atoms with Crippen molar-refractivity contribution in [2.45, 2.75) is 19.5 Å². The summed E-state index contributed by atoms with van der Waals surface area (Å²) in [5, 5.41) is 3.56. The number of hydrogen-bond acceptors (Lipinski definition) is 4. The van der Waals surface area contributed by atoms with Crippen LogP contribution in [-0.2, 0) is 19.5 Å². The second-order valence-corrected chi connectivity index (χ2v) is 7.83. The Bertz CT molecular complexity index is 1160. The Labute approximate surface area is 161 Å². The van der Waals surface area contributed by atoms with Crippen molar-refractivity contribution in [2.24, 2.45) is 0 Å². The fourth-order valence-electron chi connectivity index (χ4n) is 3.74. The van der Waals surface area contributed by atoms with E-state index in [2.05, 4.69) is 39.5 Å². The maximum atomic E-state index is 12.7. The fraction of sp³-hybridized carbons (Fsp3) is 0.182. The van der Waals surface area contributed by atoms with E-state index in [0.29, 0.717) is 12.4 Å². The third kappa shape index (κ3) is 3.09. The highest BCUT2D eigenvalue weighted by atomic mass is 32.1. The first-order valence-electron chi connectivity index (χ1n) is 9.13. The van der Waals surface area contributed by atoms with Crippen LogP contribution in [0.5, 0.6) is 0 Å². The van der Waals surface area contributed by atoms with Crippen LogP contribution in [0.15, 0.2) is 64.8 Å². The average molecular weight is 373 g/mol. The van der Waals surface area contributed by atoms with Crippen LogP contribution in [-0.4, -0.2) is 21.4 Å². The van der Waals surface area contributed by atoms with E-state index in [1.54, 1.807) is 11.3 Å². The van der Waals surface area contributed by atoms with E-state index < -0.39 is 0 Å². The molecule has 0 fully saturated rings. The molecule has 0 saturated carbocycles. The highest BCUT2D eigenvalue weighted by Crippen LogP contribution is 2.28. The first-order chi connectivity index (χ1) is 13.3. The zero-order chi connectivity index (χ0) is 18.2. The largest absolute Gasteiger partial charge is 0.306 e. The number of aromatic amines is 1. The Kier molecular flexibility index (Phi) is 4.11. The van der Waals surface area contributed by atoms with Crippen molar-refractivity contribution in [2.75, 3.05) is 6.54 Å². The minimum Gasteiger partial charge on any atom is -0.306 e. The lowest BCUT2D eigenvalue weighted by molar-refractivity contribution is 0.243. The number of benzene rings is 2. The van der Waals surface area contributed by atoms with Gasteiger partial charge >= 0.3 is 0 Å². The molecule has 5 heteroatoms. The number of hydrogen-bond donors (Lipinski definition) is 1. The topological polar surface area (TPSA) is 49.0 Å². The van der Waals surface area contributed by atoms with Gasteiger partial charge in [0.25, 0.3) is 5.56 Å². The van der Waals surface area contributed by atoms with Gasteiger partial charge in [-0.15, -0.1) is 11.3 Å². The van der Waals surface area contributed by atoms with Gasteiger partial charge in [0, 0.05) is 36.3 Å². The molecule has 4 aromatic rings. The van der Waals surface area contributed by atoms with Crippen molar-refractivity contribution in [3.63, 3.8) is 0 Å². The number of fused-ring (bicyclic) bond motifs is 2. The summed E-state index contributed by atoms with van der Waals surface area (Å²) >= 11 is 1.78. The summed E-state index contributed by atoms with van der Waals surface area (Å²) < 4.78 is 1.32. The molecule has 0 saturated heterocycles. The van der Waals surface area contributed by atoms with Gasteiger partial charge in [0.15, 0.2) is 0 Å². The summed E-state index contributed by atoms with van der Waals surface area (Å²) in [6.07, 6.45) is 0.807. The van der Waals surface area contributed by atoms with E-state index in [9.17, 15) is 4.79 Å². The maximum Gasteiger partial charge on any atom is 0.255 e. The molecule has 2 aromatic carbocycles. The Balaban J connectivity index is 1.42. The van der Waals surface area contributed by atoms with Gasteiger partial charge in [-0.25, -0.2) is 4.98 Å². The van der Waals surface area contributed by atoms with Crippen LogP contribution in [0.3, 0.4) is 0 Å². The van der Waals surface area contributed by atoms with Crippen LogP contribution in [0.2, 0.25) is 0 Å². The molecule has 27 heavy (non-hydrogen) atoms. The molecular formula is C22H19N3OS. The first kappa shape index (κ1) is 16.4. The van der Waals surface area contributed by atoms with E-state index in [-0.39, 0.29) is 5.56 Å². The Hall–Kier alpha value is -2.76. The predicted octanol–water partition coefficient (Wildman–Crippen LogP) is 4.21. The zero-order valence-corrected chi connectivity index (χ0v) is 15.6. The highest BCUT2D eigenvalue weighted by molar-refractivity contribution is 7.17. The molecule has 3 heterocycles. The Morgan fingerprint density at radius 2 is 1.89 bits per heavy atom. The lowest BCUT2D eigenvalue weighted by atomic mass is 10.1. The second kappa shape index (κ2) is 6.76. The fourth-order valence-corrected chi connectivity index (χ4v) is 4.70. The van der Waals surface area contributed by atoms with Crippen LogP contribution in [0.25, 0.3) is 21.5 Å². The van der Waals surface area contributed by atoms with Gasteiger partial charge in [0.05, 0.1) is 11.3 Å². The average Bonchev–Trinajstić information content (AvgIpc) is 3.12. The minimum atomic E-state index is -0.0151. The van der Waals surface area contributed by atoms with Crippen molar-refractivity contribution in [3.05, 3.63) is 87.2 Å². The molecule has 0 amide bonds. The summed E-state index contributed by atoms with van der Waals surface area (Å²) in [7, 11) is 0. The molecule has 1 N–H and O–H groups in total. The SMILES string of the molecule is O=c1[nH]c(-c2ccccc2)nc2c1CN(Cc1csc3ccccc13)CC2. The summed E-state index contributed by atoms with van der Waals surface area (Å²) in [5.74, 6) is 0.664. The number of nitrogens with zero attached hydrogens (tertiary/aromatic N) is 2. The van der Waals surface area contributed by atoms with Gasteiger partial charge < -0.3 is 4.98 Å². The molecule has 1 aliphatic rings. The maximum absolute atomic E-state index is 12.7. The molecule has 4 nitrogen and oxygen atoms in total. The summed E-state index contributed by atoms with van der Waals surface area (Å²) in [6, 6.07) is 18.3. The number of rotatable bonds is 3. The van der Waals surface area contributed by atoms with E-state index in [4.69, 9.17) is 4.98 Å². The van der Waals surface area contributed by atoms with Crippen molar-refractivity contribution < 1.29 is 0 Å². The molecule has 0 spiro atoms. The summed E-state index contributed by atoms with van der Waals surface area (Å²) in [4.78, 5) is 22.8. The standard InChI is InChI=1S/C22H19N3OS/c26-22-18-13-25(12-16-14-27-20-9-5-4-8-17(16)20)11-10-19(18)23-21(24-22)15-6-2-1-3-7-15/h1-9,14H,10-13H2,(H,23,24,26). The molecule has 0 aliphatic carbocycles. The summed E-state index contributed by atoms with van der Waals surface area (Å²) in [5.41, 5.74) is 4.01. The first-order valence-corrected chi connectivity index (χ1v) is 10.0. The lowest BCUT2D eigenvalue weighted by Gasteiger charge is -2.27. The quantitative estimate of drug-likeness (QED) is 0.585. The predicted molar refractivity (Wildman–Crippen MR) is 110 cm³/mol. The number of nitrogens with one attached hydrogen (secondary N) is 1. The van der Waals surface area contributed by atoms with Gasteiger partial charge in [-0.1, -0.05) is 48.5 Å². The Morgan fingerprint density at radius 3 is 2.78 bits per heavy atom. The molecule has 0 radical (unpaired) electrons. The van der Waals surface area contributed by atoms with Gasteiger partial charge in [0.2, 0.25) is 0 Å². The zero-order valence-electron chi connectivity index (χ0n) is 14.8. The molecule has 2 aromatic heterocycles. The second-order valence-electron chi connectivity index (χ2n) is 6.92. The van der Waals surface area contributed by atoms with Gasteiger partial charge in [-0.05, 0) is 22.4 Å². The number of H-pyrrole nitrogens is 1. The van der Waals surface area contributed by atoms with Crippen molar-refractivity contribution in [1.29, 1.82) is 0 Å². The molecule has 0 unspecified atom stereocenters. The minimum absolute atomic E-state index is 0.0151. The van der Waals surface area contributed by atoms with E-state index in [1.165, 1.54) is 15.6 Å². The van der Waals surface area contributed by atoms with E-state index >= 15 is 0 Å². The Morgan fingerprint density at radius 1 is 1.07 bits per heavy atom. The lowest BCUT2D eigenvalue weighted by Crippen LogP contribution is -2.35. The molecular weight excluding hydrogens is 354 g/mol.